The quantitative estimate of drug-likeness (QED) is 0.609. The molecule has 0 saturated heterocycles. The Morgan fingerprint density at radius 2 is 2.13 bits per heavy atom. The maximum absolute atomic E-state index is 12.9. The van der Waals surface area contributed by atoms with Crippen LogP contribution in [0.2, 0.25) is 0 Å². The van der Waals surface area contributed by atoms with Gasteiger partial charge in [-0.05, 0) is 12.1 Å². The first-order valence-corrected chi connectivity index (χ1v) is 4.39. The van der Waals surface area contributed by atoms with Crippen LogP contribution in [-0.4, -0.2) is 29.9 Å². The van der Waals surface area contributed by atoms with Crippen LogP contribution in [0.5, 0.6) is 5.75 Å². The molecular formula is C11H12FNO2. The van der Waals surface area contributed by atoms with Crippen molar-refractivity contribution in [2.75, 3.05) is 14.1 Å². The van der Waals surface area contributed by atoms with Crippen LogP contribution < -0.4 is 0 Å². The molecule has 1 aromatic carbocycles. The number of phenolic OH excluding ortho intramolecular Hbond substituents is 1. The van der Waals surface area contributed by atoms with Gasteiger partial charge in [-0.2, -0.15) is 0 Å². The van der Waals surface area contributed by atoms with E-state index in [2.05, 4.69) is 0 Å². The van der Waals surface area contributed by atoms with Crippen molar-refractivity contribution in [1.82, 2.24) is 4.90 Å². The molecule has 0 fully saturated rings. The molecule has 0 amide bonds. The topological polar surface area (TPSA) is 40.5 Å². The van der Waals surface area contributed by atoms with Gasteiger partial charge >= 0.3 is 0 Å². The Bertz CT molecular complexity index is 400. The number of para-hydroxylation sites is 1. The normalized spacial score (nSPS) is 10.6. The van der Waals surface area contributed by atoms with Gasteiger partial charge in [0.25, 0.3) is 0 Å². The van der Waals surface area contributed by atoms with Gasteiger partial charge in [0.05, 0.1) is 5.56 Å². The molecule has 0 aromatic heterocycles. The van der Waals surface area contributed by atoms with Crippen molar-refractivity contribution in [1.29, 1.82) is 0 Å². The van der Waals surface area contributed by atoms with E-state index in [1.54, 1.807) is 19.0 Å². The van der Waals surface area contributed by atoms with Crippen molar-refractivity contribution in [3.63, 3.8) is 0 Å². The molecule has 0 unspecified atom stereocenters. The largest absolute Gasteiger partial charge is 0.504 e. The van der Waals surface area contributed by atoms with Gasteiger partial charge in [0.1, 0.15) is 0 Å². The smallest absolute Gasteiger partial charge is 0.191 e. The molecule has 0 aliphatic carbocycles. The Balaban J connectivity index is 2.97. The Hall–Kier alpha value is -1.84. The Kier molecular flexibility index (Phi) is 3.44. The predicted octanol–water partition coefficient (Wildman–Crippen LogP) is 1.79. The van der Waals surface area contributed by atoms with Gasteiger partial charge in [0, 0.05) is 26.4 Å². The molecule has 0 saturated carbocycles. The second-order valence-corrected chi connectivity index (χ2v) is 3.28. The number of nitrogens with zero attached hydrogens (tertiary/aromatic N) is 1. The van der Waals surface area contributed by atoms with Gasteiger partial charge in [-0.3, -0.25) is 4.79 Å². The number of phenols is 1. The number of carbonyl (C=O) groups excluding carboxylic acids is 1. The zero-order valence-corrected chi connectivity index (χ0v) is 8.57. The molecule has 1 rings (SSSR count). The summed E-state index contributed by atoms with van der Waals surface area (Å²) >= 11 is 0. The number of rotatable bonds is 3. The Morgan fingerprint density at radius 1 is 1.47 bits per heavy atom. The lowest BCUT2D eigenvalue weighted by Crippen LogP contribution is -2.03. The minimum Gasteiger partial charge on any atom is -0.504 e. The summed E-state index contributed by atoms with van der Waals surface area (Å²) in [4.78, 5) is 13.2. The Morgan fingerprint density at radius 3 is 2.73 bits per heavy atom. The van der Waals surface area contributed by atoms with Crippen LogP contribution in [0.15, 0.2) is 30.5 Å². The lowest BCUT2D eigenvalue weighted by molar-refractivity contribution is 0.104. The third-order valence-corrected chi connectivity index (χ3v) is 1.78. The second kappa shape index (κ2) is 4.59. The third-order valence-electron chi connectivity index (χ3n) is 1.78. The van der Waals surface area contributed by atoms with Gasteiger partial charge in [0.15, 0.2) is 17.3 Å². The van der Waals surface area contributed by atoms with Crippen LogP contribution in [0.4, 0.5) is 4.39 Å². The molecule has 0 radical (unpaired) electrons. The number of ketones is 1. The van der Waals surface area contributed by atoms with E-state index in [4.69, 9.17) is 0 Å². The van der Waals surface area contributed by atoms with E-state index in [1.807, 2.05) is 0 Å². The maximum Gasteiger partial charge on any atom is 0.191 e. The highest BCUT2D eigenvalue weighted by molar-refractivity contribution is 6.06. The Labute approximate surface area is 87.4 Å². The molecular weight excluding hydrogens is 197 g/mol. The molecule has 0 atom stereocenters. The molecule has 4 heteroatoms. The summed E-state index contributed by atoms with van der Waals surface area (Å²) in [6.45, 7) is 0. The molecule has 0 heterocycles. The third kappa shape index (κ3) is 2.80. The number of hydrogen-bond donors (Lipinski definition) is 1. The molecule has 3 nitrogen and oxygen atoms in total. The van der Waals surface area contributed by atoms with Crippen molar-refractivity contribution >= 4 is 5.78 Å². The minimum atomic E-state index is -0.792. The van der Waals surface area contributed by atoms with Gasteiger partial charge in [-0.1, -0.05) is 6.07 Å². The van der Waals surface area contributed by atoms with Crippen LogP contribution in [0.1, 0.15) is 10.4 Å². The predicted molar refractivity (Wildman–Crippen MR) is 55.2 cm³/mol. The van der Waals surface area contributed by atoms with E-state index in [0.717, 1.165) is 6.07 Å². The van der Waals surface area contributed by atoms with E-state index in [1.165, 1.54) is 24.4 Å². The maximum atomic E-state index is 12.9. The van der Waals surface area contributed by atoms with Crippen LogP contribution in [0.3, 0.4) is 0 Å². The van der Waals surface area contributed by atoms with E-state index in [-0.39, 0.29) is 5.56 Å². The summed E-state index contributed by atoms with van der Waals surface area (Å²) in [6, 6.07) is 3.86. The minimum absolute atomic E-state index is 0.0342. The molecule has 1 N–H and O–H groups in total. The number of halogens is 1. The summed E-state index contributed by atoms with van der Waals surface area (Å²) in [7, 11) is 3.52. The fraction of sp³-hybridized carbons (Fsp3) is 0.182. The summed E-state index contributed by atoms with van der Waals surface area (Å²) < 4.78 is 12.9. The number of allylic oxidation sites excluding steroid dienone is 1. The van der Waals surface area contributed by atoms with Gasteiger partial charge in [-0.25, -0.2) is 4.39 Å². The lowest BCUT2D eigenvalue weighted by Gasteiger charge is -2.04. The first-order valence-electron chi connectivity index (χ1n) is 4.39. The van der Waals surface area contributed by atoms with E-state index < -0.39 is 17.3 Å². The van der Waals surface area contributed by atoms with Crippen molar-refractivity contribution < 1.29 is 14.3 Å². The number of hydrogen-bond acceptors (Lipinski definition) is 3. The van der Waals surface area contributed by atoms with E-state index in [9.17, 15) is 14.3 Å². The highest BCUT2D eigenvalue weighted by Crippen LogP contribution is 2.21. The first kappa shape index (κ1) is 11.2. The summed E-state index contributed by atoms with van der Waals surface area (Å²) in [5.41, 5.74) is -0.0342. The molecule has 0 aliphatic rings. The highest BCUT2D eigenvalue weighted by atomic mass is 19.1. The van der Waals surface area contributed by atoms with Crippen LogP contribution in [0, 0.1) is 5.82 Å². The SMILES string of the molecule is CN(C)/C=C/C(=O)c1cccc(F)c1O. The molecule has 15 heavy (non-hydrogen) atoms. The molecule has 0 bridgehead atoms. The average molecular weight is 209 g/mol. The van der Waals surface area contributed by atoms with Crippen LogP contribution >= 0.6 is 0 Å². The second-order valence-electron chi connectivity index (χ2n) is 3.28. The fourth-order valence-electron chi connectivity index (χ4n) is 1.02. The number of aromatic hydroxyl groups is 1. The molecule has 1 aromatic rings. The zero-order valence-electron chi connectivity index (χ0n) is 8.57. The summed E-state index contributed by atoms with van der Waals surface area (Å²) in [5, 5.41) is 9.29. The van der Waals surface area contributed by atoms with Crippen LogP contribution in [0.25, 0.3) is 0 Å². The monoisotopic (exact) mass is 209 g/mol. The highest BCUT2D eigenvalue weighted by Gasteiger charge is 2.11. The molecule has 80 valence electrons. The van der Waals surface area contributed by atoms with Gasteiger partial charge in [-0.15, -0.1) is 0 Å². The zero-order chi connectivity index (χ0) is 11.4. The van der Waals surface area contributed by atoms with Crippen molar-refractivity contribution in [2.45, 2.75) is 0 Å². The lowest BCUT2D eigenvalue weighted by atomic mass is 10.1. The van der Waals surface area contributed by atoms with Gasteiger partial charge in [0.2, 0.25) is 0 Å². The van der Waals surface area contributed by atoms with E-state index >= 15 is 0 Å². The van der Waals surface area contributed by atoms with Crippen molar-refractivity contribution in [3.05, 3.63) is 41.9 Å². The van der Waals surface area contributed by atoms with E-state index in [0.29, 0.717) is 0 Å². The van der Waals surface area contributed by atoms with Crippen LogP contribution in [-0.2, 0) is 0 Å². The first-order chi connectivity index (χ1) is 7.02. The summed E-state index contributed by atoms with van der Waals surface area (Å²) in [5.74, 6) is -1.83. The summed E-state index contributed by atoms with van der Waals surface area (Å²) in [6.07, 6.45) is 2.81. The molecule has 0 spiro atoms. The van der Waals surface area contributed by atoms with Gasteiger partial charge < -0.3 is 10.0 Å². The number of benzene rings is 1. The standard InChI is InChI=1S/C11H12FNO2/c1-13(2)7-6-10(14)8-4-3-5-9(12)11(8)15/h3-7,15H,1-2H3/b7-6+. The van der Waals surface area contributed by atoms with Crippen molar-refractivity contribution in [2.24, 2.45) is 0 Å². The average Bonchev–Trinajstić information content (AvgIpc) is 2.18. The fourth-order valence-corrected chi connectivity index (χ4v) is 1.02. The number of carbonyl (C=O) groups is 1. The van der Waals surface area contributed by atoms with Crippen molar-refractivity contribution in [3.8, 4) is 5.75 Å². The molecule has 0 aliphatic heterocycles.